The molecule has 0 bridgehead atoms. The third-order valence-electron chi connectivity index (χ3n) is 4.33. The third kappa shape index (κ3) is 5.11. The van der Waals surface area contributed by atoms with Crippen LogP contribution in [0.25, 0.3) is 0 Å². The molecular weight excluding hydrogens is 276 g/mol. The second kappa shape index (κ2) is 8.91. The van der Waals surface area contributed by atoms with Crippen LogP contribution in [0.1, 0.15) is 32.3 Å². The summed E-state index contributed by atoms with van der Waals surface area (Å²) < 4.78 is 5.79. The quantitative estimate of drug-likeness (QED) is 0.841. The van der Waals surface area contributed by atoms with E-state index in [0.717, 1.165) is 39.1 Å². The van der Waals surface area contributed by atoms with Crippen molar-refractivity contribution in [3.05, 3.63) is 35.9 Å². The molecule has 0 radical (unpaired) electrons. The Kier molecular flexibility index (Phi) is 6.87. The lowest BCUT2D eigenvalue weighted by Crippen LogP contribution is -2.47. The van der Waals surface area contributed by atoms with E-state index >= 15 is 0 Å². The highest BCUT2D eigenvalue weighted by molar-refractivity contribution is 5.78. The first-order valence-corrected chi connectivity index (χ1v) is 8.38. The Morgan fingerprint density at radius 3 is 2.73 bits per heavy atom. The van der Waals surface area contributed by atoms with Gasteiger partial charge in [-0.3, -0.25) is 9.69 Å². The van der Waals surface area contributed by atoms with Gasteiger partial charge in [0.25, 0.3) is 0 Å². The number of rotatable bonds is 7. The maximum atomic E-state index is 12.0. The number of hydrogen-bond acceptors (Lipinski definition) is 3. The topological polar surface area (TPSA) is 41.6 Å². The molecule has 0 saturated carbocycles. The van der Waals surface area contributed by atoms with E-state index in [1.165, 1.54) is 5.56 Å². The molecule has 22 heavy (non-hydrogen) atoms. The van der Waals surface area contributed by atoms with Crippen molar-refractivity contribution in [1.82, 2.24) is 10.2 Å². The molecule has 4 nitrogen and oxygen atoms in total. The predicted molar refractivity (Wildman–Crippen MR) is 88.5 cm³/mol. The molecule has 1 aliphatic heterocycles. The van der Waals surface area contributed by atoms with Crippen molar-refractivity contribution in [1.29, 1.82) is 0 Å². The molecule has 0 spiro atoms. The van der Waals surface area contributed by atoms with Gasteiger partial charge in [0, 0.05) is 32.1 Å². The van der Waals surface area contributed by atoms with Crippen molar-refractivity contribution in [2.24, 2.45) is 5.92 Å². The van der Waals surface area contributed by atoms with Crippen molar-refractivity contribution in [2.75, 3.05) is 26.2 Å². The lowest BCUT2D eigenvalue weighted by molar-refractivity contribution is -0.126. The van der Waals surface area contributed by atoms with Crippen LogP contribution in [0.3, 0.4) is 0 Å². The molecule has 122 valence electrons. The van der Waals surface area contributed by atoms with E-state index in [0.29, 0.717) is 6.54 Å². The number of morpholine rings is 1. The van der Waals surface area contributed by atoms with Crippen molar-refractivity contribution >= 4 is 5.91 Å². The Morgan fingerprint density at radius 1 is 1.32 bits per heavy atom. The molecule has 1 amide bonds. The van der Waals surface area contributed by atoms with E-state index < -0.39 is 0 Å². The van der Waals surface area contributed by atoms with E-state index in [-0.39, 0.29) is 17.9 Å². The molecule has 4 heteroatoms. The van der Waals surface area contributed by atoms with Crippen LogP contribution in [-0.4, -0.2) is 43.2 Å². The highest BCUT2D eigenvalue weighted by Gasteiger charge is 2.22. The number of carbonyl (C=O) groups is 1. The summed E-state index contributed by atoms with van der Waals surface area (Å²) in [6.07, 6.45) is 1.89. The smallest absolute Gasteiger partial charge is 0.223 e. The molecule has 1 unspecified atom stereocenters. The summed E-state index contributed by atoms with van der Waals surface area (Å²) in [4.78, 5) is 14.4. The maximum Gasteiger partial charge on any atom is 0.223 e. The molecular formula is C18H28N2O2. The zero-order valence-corrected chi connectivity index (χ0v) is 13.8. The summed E-state index contributed by atoms with van der Waals surface area (Å²) in [6, 6.07) is 10.5. The molecule has 1 heterocycles. The van der Waals surface area contributed by atoms with E-state index in [4.69, 9.17) is 4.74 Å². The van der Waals surface area contributed by atoms with Crippen LogP contribution in [0, 0.1) is 5.92 Å². The van der Waals surface area contributed by atoms with E-state index in [9.17, 15) is 4.79 Å². The summed E-state index contributed by atoms with van der Waals surface area (Å²) in [5.41, 5.74) is 1.32. The van der Waals surface area contributed by atoms with Crippen LogP contribution in [0.4, 0.5) is 0 Å². The Balaban J connectivity index is 1.77. The van der Waals surface area contributed by atoms with Gasteiger partial charge in [0.15, 0.2) is 0 Å². The molecule has 0 aliphatic carbocycles. The Hall–Kier alpha value is -1.39. The van der Waals surface area contributed by atoms with Crippen LogP contribution in [-0.2, 0) is 16.1 Å². The highest BCUT2D eigenvalue weighted by atomic mass is 16.5. The molecule has 0 aromatic heterocycles. The largest absolute Gasteiger partial charge is 0.374 e. The lowest BCUT2D eigenvalue weighted by atomic mass is 10.0. The van der Waals surface area contributed by atoms with Crippen molar-refractivity contribution in [2.45, 2.75) is 39.3 Å². The fourth-order valence-electron chi connectivity index (χ4n) is 2.91. The Bertz CT molecular complexity index is 446. The molecule has 1 aromatic carbocycles. The number of nitrogens with zero attached hydrogens (tertiary/aromatic N) is 1. The standard InChI is InChI=1S/C18H28N2O2/c1-3-16(4-2)18(21)19-12-17-14-20(10-11-22-17)13-15-8-6-5-7-9-15/h5-9,16-17H,3-4,10-14H2,1-2H3,(H,19,21). The zero-order chi connectivity index (χ0) is 15.8. The van der Waals surface area contributed by atoms with Gasteiger partial charge in [0.2, 0.25) is 5.91 Å². The fourth-order valence-corrected chi connectivity index (χ4v) is 2.91. The first kappa shape index (κ1) is 17.0. The second-order valence-corrected chi connectivity index (χ2v) is 5.97. The molecule has 1 N–H and O–H groups in total. The third-order valence-corrected chi connectivity index (χ3v) is 4.33. The first-order valence-electron chi connectivity index (χ1n) is 8.38. The van der Waals surface area contributed by atoms with Gasteiger partial charge in [-0.1, -0.05) is 44.2 Å². The number of carbonyl (C=O) groups excluding carboxylic acids is 1. The summed E-state index contributed by atoms with van der Waals surface area (Å²) in [5.74, 6) is 0.290. The number of benzene rings is 1. The Morgan fingerprint density at radius 2 is 2.05 bits per heavy atom. The first-order chi connectivity index (χ1) is 10.7. The van der Waals surface area contributed by atoms with E-state index in [2.05, 4.69) is 48.3 Å². The molecule has 1 aromatic rings. The molecule has 1 aliphatic rings. The summed E-state index contributed by atoms with van der Waals surface area (Å²) >= 11 is 0. The minimum absolute atomic E-state index is 0.0933. The van der Waals surface area contributed by atoms with Crippen molar-refractivity contribution < 1.29 is 9.53 Å². The Labute approximate surface area is 133 Å². The van der Waals surface area contributed by atoms with Crippen molar-refractivity contribution in [3.8, 4) is 0 Å². The second-order valence-electron chi connectivity index (χ2n) is 5.97. The summed E-state index contributed by atoms with van der Waals surface area (Å²) in [5, 5.41) is 3.05. The minimum atomic E-state index is 0.0933. The van der Waals surface area contributed by atoms with Gasteiger partial charge in [0.1, 0.15) is 0 Å². The molecule has 1 saturated heterocycles. The zero-order valence-electron chi connectivity index (χ0n) is 13.8. The fraction of sp³-hybridized carbons (Fsp3) is 0.611. The SMILES string of the molecule is CCC(CC)C(=O)NCC1CN(Cc2ccccc2)CCO1. The van der Waals surface area contributed by atoms with Crippen LogP contribution in [0.15, 0.2) is 30.3 Å². The van der Waals surface area contributed by atoms with Gasteiger partial charge in [-0.25, -0.2) is 0 Å². The van der Waals surface area contributed by atoms with E-state index in [1.54, 1.807) is 0 Å². The minimum Gasteiger partial charge on any atom is -0.374 e. The van der Waals surface area contributed by atoms with Gasteiger partial charge in [-0.15, -0.1) is 0 Å². The average Bonchev–Trinajstić information content (AvgIpc) is 2.55. The van der Waals surface area contributed by atoms with Crippen LogP contribution >= 0.6 is 0 Å². The number of amides is 1. The number of hydrogen-bond donors (Lipinski definition) is 1. The van der Waals surface area contributed by atoms with Gasteiger partial charge in [0.05, 0.1) is 12.7 Å². The molecule has 1 fully saturated rings. The van der Waals surface area contributed by atoms with Crippen LogP contribution in [0.5, 0.6) is 0 Å². The molecule has 2 rings (SSSR count). The van der Waals surface area contributed by atoms with Gasteiger partial charge in [-0.2, -0.15) is 0 Å². The summed E-state index contributed by atoms with van der Waals surface area (Å²) in [7, 11) is 0. The number of nitrogens with one attached hydrogen (secondary N) is 1. The van der Waals surface area contributed by atoms with Crippen LogP contribution < -0.4 is 5.32 Å². The number of ether oxygens (including phenoxy) is 1. The van der Waals surface area contributed by atoms with Gasteiger partial charge in [-0.05, 0) is 18.4 Å². The predicted octanol–water partition coefficient (Wildman–Crippen LogP) is 2.44. The highest BCUT2D eigenvalue weighted by Crippen LogP contribution is 2.11. The molecule has 1 atom stereocenters. The van der Waals surface area contributed by atoms with Gasteiger partial charge < -0.3 is 10.1 Å². The van der Waals surface area contributed by atoms with E-state index in [1.807, 2.05) is 6.07 Å². The summed E-state index contributed by atoms with van der Waals surface area (Å²) in [6.45, 7) is 8.24. The lowest BCUT2D eigenvalue weighted by Gasteiger charge is -2.33. The van der Waals surface area contributed by atoms with Crippen LogP contribution in [0.2, 0.25) is 0 Å². The van der Waals surface area contributed by atoms with Gasteiger partial charge >= 0.3 is 0 Å². The normalized spacial score (nSPS) is 19.3. The monoisotopic (exact) mass is 304 g/mol. The maximum absolute atomic E-state index is 12.0. The average molecular weight is 304 g/mol. The van der Waals surface area contributed by atoms with Crippen molar-refractivity contribution in [3.63, 3.8) is 0 Å².